The third-order valence-electron chi connectivity index (χ3n) is 2.65. The van der Waals surface area contributed by atoms with Crippen molar-refractivity contribution in [3.63, 3.8) is 0 Å². The molecule has 0 saturated heterocycles. The van der Waals surface area contributed by atoms with Gasteiger partial charge in [0.05, 0.1) is 5.75 Å². The van der Waals surface area contributed by atoms with Crippen molar-refractivity contribution in [1.82, 2.24) is 5.32 Å². The Morgan fingerprint density at radius 3 is 2.71 bits per heavy atom. The molecule has 0 heterocycles. The maximum atomic E-state index is 11.0. The summed E-state index contributed by atoms with van der Waals surface area (Å²) >= 11 is 0. The van der Waals surface area contributed by atoms with E-state index in [1.165, 1.54) is 0 Å². The number of rotatable bonds is 4. The van der Waals surface area contributed by atoms with E-state index in [4.69, 9.17) is 9.33 Å². The summed E-state index contributed by atoms with van der Waals surface area (Å²) in [7, 11) is -3.32. The predicted octanol–water partition coefficient (Wildman–Crippen LogP) is 1.67. The van der Waals surface area contributed by atoms with Gasteiger partial charge in [-0.3, -0.25) is 0 Å². The molecule has 14 heavy (non-hydrogen) atoms. The second kappa shape index (κ2) is 4.59. The molecule has 1 aliphatic rings. The molecule has 0 bridgehead atoms. The fraction of sp³-hybridized carbons (Fsp3) is 1.00. The van der Waals surface area contributed by atoms with Gasteiger partial charge in [-0.1, -0.05) is 20.3 Å². The van der Waals surface area contributed by atoms with Crippen molar-refractivity contribution >= 4 is 10.0 Å². The number of hydrogen-bond acceptors (Lipinski definition) is 3. The molecule has 0 spiro atoms. The molecule has 5 heteroatoms. The second-order valence-corrected chi connectivity index (χ2v) is 6.04. The van der Waals surface area contributed by atoms with E-state index >= 15 is 0 Å². The highest BCUT2D eigenvalue weighted by molar-refractivity contribution is 7.86. The molecule has 0 aliphatic heterocycles. The molecule has 3 atom stereocenters. The third kappa shape index (κ3) is 3.94. The first kappa shape index (κ1) is 11.9. The quantitative estimate of drug-likeness (QED) is 0.675. The zero-order valence-corrected chi connectivity index (χ0v) is 9.64. The molecular formula is C9H20N2O2S. The van der Waals surface area contributed by atoms with Crippen LogP contribution < -0.4 is 5.32 Å². The molecule has 0 aromatic carbocycles. The predicted molar refractivity (Wildman–Crippen MR) is 57.8 cm³/mol. The van der Waals surface area contributed by atoms with Gasteiger partial charge in [-0.05, 0) is 18.8 Å². The minimum Gasteiger partial charge on any atom is -0.311 e. The molecule has 3 unspecified atom stereocenters. The first-order valence-electron chi connectivity index (χ1n) is 5.13. The van der Waals surface area contributed by atoms with E-state index in [1.807, 2.05) is 0 Å². The monoisotopic (exact) mass is 220 g/mol. The van der Waals surface area contributed by atoms with Gasteiger partial charge in [0.2, 0.25) is 0 Å². The fourth-order valence-electron chi connectivity index (χ4n) is 2.17. The molecule has 3 N–H and O–H groups in total. The Bertz CT molecular complexity index is 275. The van der Waals surface area contributed by atoms with Gasteiger partial charge in [0.15, 0.2) is 10.0 Å². The van der Waals surface area contributed by atoms with Crippen LogP contribution >= 0.6 is 0 Å². The Morgan fingerprint density at radius 2 is 2.21 bits per heavy atom. The van der Waals surface area contributed by atoms with Crippen LogP contribution in [-0.4, -0.2) is 26.6 Å². The number of nitrogens with one attached hydrogen (secondary N) is 2. The molecule has 0 aromatic heterocycles. The topological polar surface area (TPSA) is 73.2 Å². The summed E-state index contributed by atoms with van der Waals surface area (Å²) in [4.78, 5) is 0. The van der Waals surface area contributed by atoms with E-state index in [0.717, 1.165) is 19.3 Å². The lowest BCUT2D eigenvalue weighted by molar-refractivity contribution is 0.391. The molecule has 1 saturated carbocycles. The largest absolute Gasteiger partial charge is 0.311 e. The molecule has 84 valence electrons. The first-order valence-corrected chi connectivity index (χ1v) is 6.82. The maximum Gasteiger partial charge on any atom is 0.158 e. The van der Waals surface area contributed by atoms with Crippen LogP contribution in [0.3, 0.4) is 0 Å². The highest BCUT2D eigenvalue weighted by atomic mass is 32.2. The van der Waals surface area contributed by atoms with Crippen LogP contribution in [0.25, 0.3) is 0 Å². The summed E-state index contributed by atoms with van der Waals surface area (Å²) in [6, 6.07) is 0.731. The summed E-state index contributed by atoms with van der Waals surface area (Å²) in [5.41, 5.74) is 0. The van der Waals surface area contributed by atoms with Crippen LogP contribution in [0.4, 0.5) is 0 Å². The summed E-state index contributed by atoms with van der Waals surface area (Å²) in [6.07, 6.45) is 3.14. The highest BCUT2D eigenvalue weighted by Crippen LogP contribution is 2.27. The Balaban J connectivity index is 2.51. The number of hydrogen-bond donors (Lipinski definition) is 3. The molecule has 4 nitrogen and oxygen atoms in total. The van der Waals surface area contributed by atoms with Crippen molar-refractivity contribution in [1.29, 1.82) is 4.78 Å². The van der Waals surface area contributed by atoms with Crippen molar-refractivity contribution in [3.8, 4) is 0 Å². The summed E-state index contributed by atoms with van der Waals surface area (Å²) in [5.74, 6) is 0.324. The maximum absolute atomic E-state index is 11.0. The lowest BCUT2D eigenvalue weighted by Gasteiger charge is -2.22. The van der Waals surface area contributed by atoms with Gasteiger partial charge < -0.3 is 9.87 Å². The minimum absolute atomic E-state index is 0.122. The van der Waals surface area contributed by atoms with Gasteiger partial charge in [0.1, 0.15) is 0 Å². The summed E-state index contributed by atoms with van der Waals surface area (Å²) < 4.78 is 27.0. The van der Waals surface area contributed by atoms with Gasteiger partial charge in [-0.25, -0.2) is 8.99 Å². The van der Waals surface area contributed by atoms with E-state index < -0.39 is 10.0 Å². The first-order chi connectivity index (χ1) is 6.38. The molecule has 0 radical (unpaired) electrons. The van der Waals surface area contributed by atoms with E-state index in [2.05, 4.69) is 19.2 Å². The normalized spacial score (nSPS) is 32.0. The van der Waals surface area contributed by atoms with Crippen molar-refractivity contribution in [2.45, 2.75) is 45.2 Å². The van der Waals surface area contributed by atoms with Gasteiger partial charge in [-0.15, -0.1) is 0 Å². The van der Waals surface area contributed by atoms with Crippen molar-refractivity contribution in [2.24, 2.45) is 5.92 Å². The third-order valence-corrected chi connectivity index (χ3v) is 3.53. The average Bonchev–Trinajstić information content (AvgIpc) is 2.32. The zero-order chi connectivity index (χ0) is 10.8. The van der Waals surface area contributed by atoms with E-state index in [0.29, 0.717) is 12.1 Å². The highest BCUT2D eigenvalue weighted by Gasteiger charge is 2.29. The van der Waals surface area contributed by atoms with Gasteiger partial charge >= 0.3 is 0 Å². The average molecular weight is 220 g/mol. The van der Waals surface area contributed by atoms with E-state index in [9.17, 15) is 4.21 Å². The Labute approximate surface area is 86.3 Å². The Morgan fingerprint density at radius 1 is 1.57 bits per heavy atom. The zero-order valence-electron chi connectivity index (χ0n) is 8.82. The van der Waals surface area contributed by atoms with Crippen LogP contribution in [0.2, 0.25) is 0 Å². The van der Waals surface area contributed by atoms with Crippen LogP contribution in [-0.2, 0) is 10.0 Å². The van der Waals surface area contributed by atoms with Crippen molar-refractivity contribution in [3.05, 3.63) is 0 Å². The lowest BCUT2D eigenvalue weighted by Crippen LogP contribution is -2.39. The second-order valence-electron chi connectivity index (χ2n) is 4.43. The lowest BCUT2D eigenvalue weighted by atomic mass is 10.1. The van der Waals surface area contributed by atoms with Gasteiger partial charge in [0, 0.05) is 12.1 Å². The van der Waals surface area contributed by atoms with Crippen LogP contribution in [0.5, 0.6) is 0 Å². The molecule has 0 aromatic rings. The smallest absolute Gasteiger partial charge is 0.158 e. The van der Waals surface area contributed by atoms with Gasteiger partial charge in [-0.2, -0.15) is 0 Å². The molecular weight excluding hydrogens is 200 g/mol. The summed E-state index contributed by atoms with van der Waals surface area (Å²) in [6.45, 7) is 4.15. The molecule has 1 rings (SSSR count). The Kier molecular flexibility index (Phi) is 3.92. The van der Waals surface area contributed by atoms with Crippen molar-refractivity contribution in [2.75, 3.05) is 5.75 Å². The standard InChI is InChI=1S/C9H20N2O2S/c1-7(2)11-9-5-3-4-8(9)6-14(10,12)13/h7-9,11H,3-6H2,1-2H3,(H2,10,12,13). The van der Waals surface area contributed by atoms with Crippen LogP contribution in [0.15, 0.2) is 0 Å². The molecule has 1 aliphatic carbocycles. The summed E-state index contributed by atoms with van der Waals surface area (Å²) in [5, 5.41) is 3.39. The SMILES string of the molecule is CC(C)NC1CCCC1CS(=N)(=O)O. The fourth-order valence-corrected chi connectivity index (χ4v) is 3.15. The van der Waals surface area contributed by atoms with Crippen molar-refractivity contribution < 1.29 is 8.76 Å². The molecule has 1 fully saturated rings. The van der Waals surface area contributed by atoms with E-state index in [1.54, 1.807) is 0 Å². The van der Waals surface area contributed by atoms with E-state index in [-0.39, 0.29) is 11.7 Å². The van der Waals surface area contributed by atoms with Crippen LogP contribution in [0.1, 0.15) is 33.1 Å². The minimum atomic E-state index is -3.32. The van der Waals surface area contributed by atoms with Crippen LogP contribution in [0, 0.1) is 10.7 Å². The van der Waals surface area contributed by atoms with Gasteiger partial charge in [0.25, 0.3) is 0 Å². The Hall–Kier alpha value is -0.130. The molecule has 0 amide bonds.